The van der Waals surface area contributed by atoms with Crippen molar-refractivity contribution in [1.29, 1.82) is 0 Å². The number of amides is 1. The molecule has 1 aliphatic rings. The van der Waals surface area contributed by atoms with Crippen LogP contribution in [0.4, 0.5) is 4.39 Å². The summed E-state index contributed by atoms with van der Waals surface area (Å²) in [4.78, 5) is 13.7. The molecule has 0 unspecified atom stereocenters. The summed E-state index contributed by atoms with van der Waals surface area (Å²) in [7, 11) is 1.40. The Labute approximate surface area is 117 Å². The fourth-order valence-corrected chi connectivity index (χ4v) is 2.02. The summed E-state index contributed by atoms with van der Waals surface area (Å²) in [5, 5.41) is 8.96. The lowest BCUT2D eigenvalue weighted by atomic mass is 10.2. The summed E-state index contributed by atoms with van der Waals surface area (Å²) in [6.45, 7) is 0.290. The van der Waals surface area contributed by atoms with Crippen LogP contribution in [0.25, 0.3) is 6.08 Å². The average Bonchev–Trinajstić information content (AvgIpc) is 3.26. The molecule has 1 N–H and O–H groups in total. The van der Waals surface area contributed by atoms with E-state index in [0.29, 0.717) is 12.1 Å². The Morgan fingerprint density at radius 3 is 2.85 bits per heavy atom. The summed E-state index contributed by atoms with van der Waals surface area (Å²) >= 11 is 0. The molecule has 1 amide bonds. The van der Waals surface area contributed by atoms with Gasteiger partial charge in [-0.2, -0.15) is 0 Å². The minimum absolute atomic E-state index is 0.0484. The molecule has 5 heteroatoms. The van der Waals surface area contributed by atoms with E-state index in [0.717, 1.165) is 12.8 Å². The smallest absolute Gasteiger partial charge is 0.246 e. The van der Waals surface area contributed by atoms with E-state index in [-0.39, 0.29) is 24.3 Å². The molecule has 20 heavy (non-hydrogen) atoms. The second-order valence-electron chi connectivity index (χ2n) is 4.71. The van der Waals surface area contributed by atoms with Gasteiger partial charge in [0, 0.05) is 18.7 Å². The Morgan fingerprint density at radius 2 is 2.30 bits per heavy atom. The molecule has 0 heterocycles. The van der Waals surface area contributed by atoms with Gasteiger partial charge in [-0.15, -0.1) is 0 Å². The van der Waals surface area contributed by atoms with Gasteiger partial charge < -0.3 is 14.7 Å². The highest BCUT2D eigenvalue weighted by Crippen LogP contribution is 2.27. The molecule has 1 saturated carbocycles. The minimum atomic E-state index is -0.462. The number of halogens is 1. The number of hydrogen-bond donors (Lipinski definition) is 1. The standard InChI is InChI=1S/C15H18FNO3/c1-20-14-6-2-11(10-13(14)16)3-7-15(19)17(8-9-18)12-4-5-12/h2-3,6-7,10,12,18H,4-5,8-9H2,1H3/b7-3+. The molecule has 108 valence electrons. The topological polar surface area (TPSA) is 49.8 Å². The Hall–Kier alpha value is -1.88. The predicted molar refractivity (Wildman–Crippen MR) is 73.8 cm³/mol. The lowest BCUT2D eigenvalue weighted by molar-refractivity contribution is -0.127. The fraction of sp³-hybridized carbons (Fsp3) is 0.400. The van der Waals surface area contributed by atoms with Gasteiger partial charge in [0.15, 0.2) is 11.6 Å². The van der Waals surface area contributed by atoms with Gasteiger partial charge in [-0.05, 0) is 36.6 Å². The molecule has 0 aliphatic heterocycles. The van der Waals surface area contributed by atoms with Crippen LogP contribution in [0.3, 0.4) is 0 Å². The maximum Gasteiger partial charge on any atom is 0.246 e. The van der Waals surface area contributed by atoms with Crippen molar-refractivity contribution in [2.75, 3.05) is 20.3 Å². The lowest BCUT2D eigenvalue weighted by Gasteiger charge is -2.19. The van der Waals surface area contributed by atoms with Crippen LogP contribution >= 0.6 is 0 Å². The van der Waals surface area contributed by atoms with Gasteiger partial charge in [0.1, 0.15) is 0 Å². The van der Waals surface area contributed by atoms with Gasteiger partial charge in [0.25, 0.3) is 0 Å². The Balaban J connectivity index is 2.04. The molecule has 0 atom stereocenters. The third kappa shape index (κ3) is 3.57. The Morgan fingerprint density at radius 1 is 1.55 bits per heavy atom. The van der Waals surface area contributed by atoms with Crippen molar-refractivity contribution in [2.45, 2.75) is 18.9 Å². The zero-order valence-corrected chi connectivity index (χ0v) is 11.4. The molecular formula is C15H18FNO3. The summed E-state index contributed by atoms with van der Waals surface area (Å²) < 4.78 is 18.3. The number of benzene rings is 1. The molecule has 0 aromatic heterocycles. The Kier molecular flexibility index (Phi) is 4.74. The van der Waals surface area contributed by atoms with Crippen LogP contribution in [0.1, 0.15) is 18.4 Å². The van der Waals surface area contributed by atoms with Crippen molar-refractivity contribution in [3.05, 3.63) is 35.7 Å². The van der Waals surface area contributed by atoms with E-state index in [2.05, 4.69) is 0 Å². The number of ether oxygens (including phenoxy) is 1. The minimum Gasteiger partial charge on any atom is -0.494 e. The van der Waals surface area contributed by atoms with Crippen molar-refractivity contribution >= 4 is 12.0 Å². The van der Waals surface area contributed by atoms with Crippen LogP contribution in [-0.4, -0.2) is 42.2 Å². The maximum absolute atomic E-state index is 13.5. The number of aliphatic hydroxyl groups excluding tert-OH is 1. The van der Waals surface area contributed by atoms with Gasteiger partial charge in [-0.1, -0.05) is 6.07 Å². The molecule has 0 bridgehead atoms. The van der Waals surface area contributed by atoms with Gasteiger partial charge in [-0.3, -0.25) is 4.79 Å². The number of rotatable bonds is 6. The van der Waals surface area contributed by atoms with E-state index in [1.165, 1.54) is 25.3 Å². The van der Waals surface area contributed by atoms with Crippen molar-refractivity contribution in [3.63, 3.8) is 0 Å². The molecule has 4 nitrogen and oxygen atoms in total. The molecule has 0 saturated heterocycles. The maximum atomic E-state index is 13.5. The number of carbonyl (C=O) groups excluding carboxylic acids is 1. The molecular weight excluding hydrogens is 261 g/mol. The number of methoxy groups -OCH3 is 1. The molecule has 1 aliphatic carbocycles. The first-order chi connectivity index (χ1) is 9.65. The summed E-state index contributed by atoms with van der Waals surface area (Å²) in [6.07, 6.45) is 4.94. The highest BCUT2D eigenvalue weighted by atomic mass is 19.1. The van der Waals surface area contributed by atoms with E-state index in [9.17, 15) is 9.18 Å². The third-order valence-electron chi connectivity index (χ3n) is 3.21. The van der Waals surface area contributed by atoms with Crippen LogP contribution in [0.2, 0.25) is 0 Å². The monoisotopic (exact) mass is 279 g/mol. The van der Waals surface area contributed by atoms with Crippen LogP contribution in [0.15, 0.2) is 24.3 Å². The first-order valence-electron chi connectivity index (χ1n) is 6.58. The molecule has 0 radical (unpaired) electrons. The third-order valence-corrected chi connectivity index (χ3v) is 3.21. The summed E-state index contributed by atoms with van der Waals surface area (Å²) in [5.41, 5.74) is 0.594. The van der Waals surface area contributed by atoms with Crippen molar-refractivity contribution in [2.24, 2.45) is 0 Å². The lowest BCUT2D eigenvalue weighted by Crippen LogP contribution is -2.34. The molecule has 2 rings (SSSR count). The first kappa shape index (κ1) is 14.5. The zero-order valence-electron chi connectivity index (χ0n) is 11.4. The number of nitrogens with zero attached hydrogens (tertiary/aromatic N) is 1. The van der Waals surface area contributed by atoms with E-state index < -0.39 is 5.82 Å². The number of carbonyl (C=O) groups is 1. The van der Waals surface area contributed by atoms with Gasteiger partial charge in [0.05, 0.1) is 13.7 Å². The quantitative estimate of drug-likeness (QED) is 0.808. The van der Waals surface area contributed by atoms with Crippen molar-refractivity contribution in [1.82, 2.24) is 4.90 Å². The summed E-state index contributed by atoms with van der Waals surface area (Å²) in [5.74, 6) is -0.442. The van der Waals surface area contributed by atoms with E-state index in [1.54, 1.807) is 17.0 Å². The fourth-order valence-electron chi connectivity index (χ4n) is 2.02. The number of hydrogen-bond acceptors (Lipinski definition) is 3. The normalized spacial score (nSPS) is 14.6. The average molecular weight is 279 g/mol. The van der Waals surface area contributed by atoms with Gasteiger partial charge in [-0.25, -0.2) is 4.39 Å². The second-order valence-corrected chi connectivity index (χ2v) is 4.71. The number of aliphatic hydroxyl groups is 1. The molecule has 0 spiro atoms. The van der Waals surface area contributed by atoms with E-state index >= 15 is 0 Å². The van der Waals surface area contributed by atoms with Crippen LogP contribution in [-0.2, 0) is 4.79 Å². The van der Waals surface area contributed by atoms with Crippen LogP contribution in [0.5, 0.6) is 5.75 Å². The zero-order chi connectivity index (χ0) is 14.5. The largest absolute Gasteiger partial charge is 0.494 e. The predicted octanol–water partition coefficient (Wildman–Crippen LogP) is 1.83. The van der Waals surface area contributed by atoms with Gasteiger partial charge >= 0.3 is 0 Å². The first-order valence-corrected chi connectivity index (χ1v) is 6.58. The highest BCUT2D eigenvalue weighted by Gasteiger charge is 2.30. The van der Waals surface area contributed by atoms with Gasteiger partial charge in [0.2, 0.25) is 5.91 Å². The van der Waals surface area contributed by atoms with Crippen molar-refractivity contribution < 1.29 is 19.0 Å². The molecule has 1 aromatic carbocycles. The van der Waals surface area contributed by atoms with Crippen molar-refractivity contribution in [3.8, 4) is 5.75 Å². The highest BCUT2D eigenvalue weighted by molar-refractivity contribution is 5.92. The van der Waals surface area contributed by atoms with E-state index in [4.69, 9.17) is 9.84 Å². The van der Waals surface area contributed by atoms with Crippen LogP contribution in [0, 0.1) is 5.82 Å². The summed E-state index contributed by atoms with van der Waals surface area (Å²) in [6, 6.07) is 4.76. The van der Waals surface area contributed by atoms with E-state index in [1.807, 2.05) is 0 Å². The SMILES string of the molecule is COc1ccc(/C=C/C(=O)N(CCO)C2CC2)cc1F. The second kappa shape index (κ2) is 6.52. The molecule has 1 fully saturated rings. The Bertz CT molecular complexity index is 512. The molecule has 1 aromatic rings. The van der Waals surface area contributed by atoms with Crippen LogP contribution < -0.4 is 4.74 Å².